The van der Waals surface area contributed by atoms with Gasteiger partial charge < -0.3 is 10.1 Å². The average molecular weight is 357 g/mol. The van der Waals surface area contributed by atoms with Crippen molar-refractivity contribution in [1.82, 2.24) is 4.90 Å². The first-order valence-electron chi connectivity index (χ1n) is 7.82. The highest BCUT2D eigenvalue weighted by molar-refractivity contribution is 6.36. The van der Waals surface area contributed by atoms with Crippen LogP contribution in [0, 0.1) is 0 Å². The zero-order chi connectivity index (χ0) is 18.0. The summed E-state index contributed by atoms with van der Waals surface area (Å²) in [5.41, 5.74) is 1.95. The summed E-state index contributed by atoms with van der Waals surface area (Å²) in [5.74, 6) is 0.0561. The number of halogens is 1. The van der Waals surface area contributed by atoms with Crippen molar-refractivity contribution in [3.63, 3.8) is 0 Å². The molecule has 1 heterocycles. The Morgan fingerprint density at radius 1 is 1.00 bits per heavy atom. The molecule has 5 nitrogen and oxygen atoms in total. The van der Waals surface area contributed by atoms with E-state index in [1.807, 2.05) is 0 Å². The quantitative estimate of drug-likeness (QED) is 0.832. The van der Waals surface area contributed by atoms with Gasteiger partial charge in [-0.3, -0.25) is 14.5 Å². The van der Waals surface area contributed by atoms with E-state index >= 15 is 0 Å². The third kappa shape index (κ3) is 3.23. The summed E-state index contributed by atoms with van der Waals surface area (Å²) in [7, 11) is 1.59. The van der Waals surface area contributed by atoms with E-state index in [0.29, 0.717) is 34.1 Å². The number of carbonyl (C=O) groups excluding carboxylic acids is 2. The molecule has 6 heteroatoms. The molecule has 1 aliphatic rings. The first-order valence-corrected chi connectivity index (χ1v) is 8.20. The average Bonchev–Trinajstić information content (AvgIpc) is 2.86. The summed E-state index contributed by atoms with van der Waals surface area (Å²) in [6.45, 7) is 2.08. The Kier molecular flexibility index (Phi) is 4.76. The summed E-state index contributed by atoms with van der Waals surface area (Å²) in [5, 5.41) is 3.65. The summed E-state index contributed by atoms with van der Waals surface area (Å²) in [4.78, 5) is 26.6. The molecule has 1 N–H and O–H groups in total. The van der Waals surface area contributed by atoms with E-state index in [-0.39, 0.29) is 17.5 Å². The molecule has 0 saturated heterocycles. The second-order valence-corrected chi connectivity index (χ2v) is 5.90. The van der Waals surface area contributed by atoms with Crippen molar-refractivity contribution in [2.24, 2.45) is 0 Å². The zero-order valence-corrected chi connectivity index (χ0v) is 14.6. The first kappa shape index (κ1) is 17.0. The van der Waals surface area contributed by atoms with Crippen molar-refractivity contribution in [3.8, 4) is 5.75 Å². The third-order valence-corrected chi connectivity index (χ3v) is 4.23. The van der Waals surface area contributed by atoms with Crippen molar-refractivity contribution in [2.75, 3.05) is 19.0 Å². The van der Waals surface area contributed by atoms with Crippen LogP contribution in [0.4, 0.5) is 5.69 Å². The molecule has 25 heavy (non-hydrogen) atoms. The number of ether oxygens (including phenoxy) is 1. The number of methoxy groups -OCH3 is 1. The van der Waals surface area contributed by atoms with E-state index in [0.717, 1.165) is 0 Å². The van der Waals surface area contributed by atoms with Crippen molar-refractivity contribution < 1.29 is 14.3 Å². The number of likely N-dealkylation sites (N-methyl/N-ethyl adjacent to an activating group) is 1. The van der Waals surface area contributed by atoms with Gasteiger partial charge in [0.05, 0.1) is 12.7 Å². The van der Waals surface area contributed by atoms with Gasteiger partial charge in [-0.15, -0.1) is 0 Å². The van der Waals surface area contributed by atoms with Gasteiger partial charge in [-0.1, -0.05) is 23.7 Å². The summed E-state index contributed by atoms with van der Waals surface area (Å²) in [6.07, 6.45) is 0. The topological polar surface area (TPSA) is 58.6 Å². The molecule has 0 aromatic heterocycles. The largest absolute Gasteiger partial charge is 0.497 e. The van der Waals surface area contributed by atoms with Gasteiger partial charge >= 0.3 is 0 Å². The first-order chi connectivity index (χ1) is 12.0. The van der Waals surface area contributed by atoms with Crippen molar-refractivity contribution in [2.45, 2.75) is 6.92 Å². The van der Waals surface area contributed by atoms with Gasteiger partial charge in [-0.2, -0.15) is 0 Å². The molecule has 1 aliphatic heterocycles. The molecule has 128 valence electrons. The van der Waals surface area contributed by atoms with Crippen LogP contribution in [0.25, 0.3) is 5.57 Å². The molecule has 0 aliphatic carbocycles. The van der Waals surface area contributed by atoms with Crippen molar-refractivity contribution in [1.29, 1.82) is 0 Å². The fraction of sp³-hybridized carbons (Fsp3) is 0.158. The van der Waals surface area contributed by atoms with Crippen LogP contribution in [0.5, 0.6) is 5.75 Å². The predicted octanol–water partition coefficient (Wildman–Crippen LogP) is 3.56. The highest BCUT2D eigenvalue weighted by Gasteiger charge is 2.38. The summed E-state index contributed by atoms with van der Waals surface area (Å²) in [6, 6.07) is 14.0. The number of hydrogen-bond acceptors (Lipinski definition) is 4. The second kappa shape index (κ2) is 6.99. The Morgan fingerprint density at radius 2 is 1.64 bits per heavy atom. The number of amides is 2. The molecule has 0 atom stereocenters. The molecule has 2 aromatic rings. The van der Waals surface area contributed by atoms with Crippen LogP contribution in [0.2, 0.25) is 5.02 Å². The number of nitrogens with zero attached hydrogens (tertiary/aromatic N) is 1. The van der Waals surface area contributed by atoms with Gasteiger partial charge in [0.15, 0.2) is 0 Å². The van der Waals surface area contributed by atoms with Crippen LogP contribution in [-0.4, -0.2) is 30.4 Å². The second-order valence-electron chi connectivity index (χ2n) is 5.46. The number of rotatable bonds is 5. The van der Waals surface area contributed by atoms with E-state index in [4.69, 9.17) is 16.3 Å². The molecule has 2 amide bonds. The number of carbonyl (C=O) groups is 2. The third-order valence-electron chi connectivity index (χ3n) is 3.98. The van der Waals surface area contributed by atoms with E-state index < -0.39 is 0 Å². The SMILES string of the molecule is CCN1C(=O)C(Nc2ccc(OC)cc2)=C(c2ccc(Cl)cc2)C1=O. The van der Waals surface area contributed by atoms with Gasteiger partial charge in [0.25, 0.3) is 11.8 Å². The lowest BCUT2D eigenvalue weighted by Gasteiger charge is -2.12. The standard InChI is InChI=1S/C19H17ClN2O3/c1-3-22-18(23)16(12-4-6-13(20)7-5-12)17(19(22)24)21-14-8-10-15(25-2)11-9-14/h4-11,21H,3H2,1-2H3. The van der Waals surface area contributed by atoms with Crippen molar-refractivity contribution in [3.05, 3.63) is 64.8 Å². The molecule has 0 unspecified atom stereocenters. The van der Waals surface area contributed by atoms with Crippen LogP contribution in [0.15, 0.2) is 54.2 Å². The Labute approximate surface area is 150 Å². The predicted molar refractivity (Wildman–Crippen MR) is 97.4 cm³/mol. The molecule has 3 rings (SSSR count). The molecular weight excluding hydrogens is 340 g/mol. The highest BCUT2D eigenvalue weighted by Crippen LogP contribution is 2.31. The molecule has 0 saturated carbocycles. The van der Waals surface area contributed by atoms with Gasteiger partial charge in [0, 0.05) is 17.3 Å². The van der Waals surface area contributed by atoms with Gasteiger partial charge in [0.1, 0.15) is 11.4 Å². The lowest BCUT2D eigenvalue weighted by molar-refractivity contribution is -0.136. The van der Waals surface area contributed by atoms with E-state index in [1.54, 1.807) is 62.6 Å². The number of hydrogen-bond donors (Lipinski definition) is 1. The van der Waals surface area contributed by atoms with Gasteiger partial charge in [0.2, 0.25) is 0 Å². The van der Waals surface area contributed by atoms with Crippen molar-refractivity contribution >= 4 is 34.7 Å². The normalized spacial score (nSPS) is 14.3. The lowest BCUT2D eigenvalue weighted by atomic mass is 10.0. The fourth-order valence-corrected chi connectivity index (χ4v) is 2.81. The molecule has 2 aromatic carbocycles. The maximum Gasteiger partial charge on any atom is 0.278 e. The summed E-state index contributed by atoms with van der Waals surface area (Å²) < 4.78 is 5.13. The van der Waals surface area contributed by atoms with Gasteiger partial charge in [-0.25, -0.2) is 0 Å². The Morgan fingerprint density at radius 3 is 2.20 bits per heavy atom. The minimum absolute atomic E-state index is 0.263. The molecule has 0 radical (unpaired) electrons. The molecule has 0 fully saturated rings. The maximum absolute atomic E-state index is 12.7. The molecule has 0 bridgehead atoms. The maximum atomic E-state index is 12.7. The van der Waals surface area contributed by atoms with Crippen LogP contribution in [0.1, 0.15) is 12.5 Å². The van der Waals surface area contributed by atoms with Crippen LogP contribution >= 0.6 is 11.6 Å². The lowest BCUT2D eigenvalue weighted by Crippen LogP contribution is -2.32. The number of anilines is 1. The van der Waals surface area contributed by atoms with E-state index in [1.165, 1.54) is 4.90 Å². The van der Waals surface area contributed by atoms with Crippen LogP contribution in [0.3, 0.4) is 0 Å². The number of nitrogens with one attached hydrogen (secondary N) is 1. The smallest absolute Gasteiger partial charge is 0.278 e. The highest BCUT2D eigenvalue weighted by atomic mass is 35.5. The van der Waals surface area contributed by atoms with E-state index in [2.05, 4.69) is 5.32 Å². The van der Waals surface area contributed by atoms with Gasteiger partial charge in [-0.05, 0) is 48.9 Å². The van der Waals surface area contributed by atoms with E-state index in [9.17, 15) is 9.59 Å². The Balaban J connectivity index is 2.03. The molecular formula is C19H17ClN2O3. The number of benzene rings is 2. The molecule has 0 spiro atoms. The minimum Gasteiger partial charge on any atom is -0.497 e. The monoisotopic (exact) mass is 356 g/mol. The minimum atomic E-state index is -0.340. The summed E-state index contributed by atoms with van der Waals surface area (Å²) >= 11 is 5.93. The van der Waals surface area contributed by atoms with Crippen LogP contribution < -0.4 is 10.1 Å². The number of imide groups is 1. The Bertz CT molecular complexity index is 842. The fourth-order valence-electron chi connectivity index (χ4n) is 2.68. The Hall–Kier alpha value is -2.79. The zero-order valence-electron chi connectivity index (χ0n) is 13.9. The van der Waals surface area contributed by atoms with Crippen LogP contribution in [-0.2, 0) is 9.59 Å².